The Morgan fingerprint density at radius 2 is 2.08 bits per heavy atom. The van der Waals surface area contributed by atoms with Gasteiger partial charge in [-0.15, -0.1) is 0 Å². The molecule has 1 aliphatic rings. The number of carbonyl (C=O) groups excluding carboxylic acids is 2. The van der Waals surface area contributed by atoms with Crippen LogP contribution in [0.2, 0.25) is 0 Å². The molecule has 1 aromatic heterocycles. The number of aromatic nitrogens is 1. The molecule has 0 radical (unpaired) electrons. The van der Waals surface area contributed by atoms with Gasteiger partial charge in [-0.3, -0.25) is 19.9 Å². The van der Waals surface area contributed by atoms with Crippen LogP contribution in [0.15, 0.2) is 36.7 Å². The molecule has 25 heavy (non-hydrogen) atoms. The highest BCUT2D eigenvalue weighted by Crippen LogP contribution is 2.26. The Balaban J connectivity index is 1.83. The summed E-state index contributed by atoms with van der Waals surface area (Å²) in [6.45, 7) is 0.293. The van der Waals surface area contributed by atoms with Crippen molar-refractivity contribution in [3.8, 4) is 11.5 Å². The number of fused-ring (bicyclic) bond motifs is 1. The maximum absolute atomic E-state index is 12.1. The van der Waals surface area contributed by atoms with Crippen LogP contribution in [0.25, 0.3) is 5.57 Å². The summed E-state index contributed by atoms with van der Waals surface area (Å²) in [5.41, 5.74) is 1.98. The molecule has 0 saturated heterocycles. The fourth-order valence-electron chi connectivity index (χ4n) is 2.43. The van der Waals surface area contributed by atoms with Crippen LogP contribution in [0, 0.1) is 3.57 Å². The van der Waals surface area contributed by atoms with Crippen LogP contribution in [0.3, 0.4) is 0 Å². The second-order valence-corrected chi connectivity index (χ2v) is 6.51. The summed E-state index contributed by atoms with van der Waals surface area (Å²) in [4.78, 5) is 28.2. The molecular weight excluding hydrogens is 437 g/mol. The number of aromatic hydroxyl groups is 1. The first-order chi connectivity index (χ1) is 12.0. The Morgan fingerprint density at radius 3 is 2.80 bits per heavy atom. The quantitative estimate of drug-likeness (QED) is 0.373. The topological polar surface area (TPSA) is 101 Å². The van der Waals surface area contributed by atoms with Gasteiger partial charge in [0.2, 0.25) is 0 Å². The van der Waals surface area contributed by atoms with Crippen LogP contribution in [0.1, 0.15) is 21.6 Å². The van der Waals surface area contributed by atoms with Gasteiger partial charge in [0, 0.05) is 27.0 Å². The third-order valence-corrected chi connectivity index (χ3v) is 4.31. The highest BCUT2D eigenvalue weighted by Gasteiger charge is 2.27. The average Bonchev–Trinajstić information content (AvgIpc) is 2.57. The average molecular weight is 451 g/mol. The molecular formula is C17H14IN3O4. The van der Waals surface area contributed by atoms with Gasteiger partial charge >= 0.3 is 0 Å². The predicted octanol–water partition coefficient (Wildman–Crippen LogP) is 1.80. The normalized spacial score (nSPS) is 14.9. The van der Waals surface area contributed by atoms with E-state index in [0.717, 1.165) is 3.57 Å². The van der Waals surface area contributed by atoms with Crippen LogP contribution in [0.5, 0.6) is 11.5 Å². The first-order valence-corrected chi connectivity index (χ1v) is 8.38. The Labute approximate surface area is 157 Å². The molecule has 0 bridgehead atoms. The molecule has 0 fully saturated rings. The third-order valence-electron chi connectivity index (χ3n) is 3.64. The monoisotopic (exact) mass is 451 g/mol. The van der Waals surface area contributed by atoms with Gasteiger partial charge in [0.25, 0.3) is 11.8 Å². The first kappa shape index (κ1) is 17.2. The van der Waals surface area contributed by atoms with Crippen molar-refractivity contribution in [2.75, 3.05) is 7.11 Å². The van der Waals surface area contributed by atoms with Crippen molar-refractivity contribution < 1.29 is 19.4 Å². The van der Waals surface area contributed by atoms with E-state index in [2.05, 4.69) is 38.2 Å². The number of pyridine rings is 1. The molecule has 3 N–H and O–H groups in total. The molecule has 7 nitrogen and oxygen atoms in total. The van der Waals surface area contributed by atoms with Crippen LogP contribution in [-0.4, -0.2) is 29.0 Å². The van der Waals surface area contributed by atoms with Gasteiger partial charge < -0.3 is 15.2 Å². The van der Waals surface area contributed by atoms with Gasteiger partial charge in [0.15, 0.2) is 11.5 Å². The van der Waals surface area contributed by atoms with E-state index >= 15 is 0 Å². The van der Waals surface area contributed by atoms with Gasteiger partial charge in [0.05, 0.1) is 31.1 Å². The number of nitrogens with one attached hydrogen (secondary N) is 2. The molecule has 0 spiro atoms. The molecule has 0 atom stereocenters. The van der Waals surface area contributed by atoms with Gasteiger partial charge in [-0.25, -0.2) is 0 Å². The number of nitrogens with zero attached hydrogens (tertiary/aromatic N) is 1. The van der Waals surface area contributed by atoms with Crippen LogP contribution in [-0.2, 0) is 11.3 Å². The zero-order valence-corrected chi connectivity index (χ0v) is 15.3. The van der Waals surface area contributed by atoms with Gasteiger partial charge in [0.1, 0.15) is 0 Å². The number of rotatable bonds is 4. The lowest BCUT2D eigenvalue weighted by Gasteiger charge is -2.18. The van der Waals surface area contributed by atoms with Crippen molar-refractivity contribution in [1.29, 1.82) is 0 Å². The summed E-state index contributed by atoms with van der Waals surface area (Å²) in [7, 11) is 1.45. The molecule has 0 unspecified atom stereocenters. The molecule has 2 aromatic rings. The lowest BCUT2D eigenvalue weighted by Crippen LogP contribution is -2.37. The molecule has 1 aromatic carbocycles. The number of carbonyl (C=O) groups is 2. The first-order valence-electron chi connectivity index (χ1n) is 7.30. The van der Waals surface area contributed by atoms with Crippen molar-refractivity contribution in [1.82, 2.24) is 15.6 Å². The summed E-state index contributed by atoms with van der Waals surface area (Å²) >= 11 is 2.13. The Bertz CT molecular complexity index is 895. The SMILES string of the molecule is COc1cnc(CN/C=C2\C(=O)NC(=O)c3ccc(I)cc32)cc1O. The number of amides is 2. The minimum Gasteiger partial charge on any atom is -0.504 e. The van der Waals surface area contributed by atoms with Crippen LogP contribution >= 0.6 is 22.6 Å². The van der Waals surface area contributed by atoms with Crippen LogP contribution in [0.4, 0.5) is 0 Å². The molecule has 0 aliphatic carbocycles. The van der Waals surface area contributed by atoms with Crippen molar-refractivity contribution in [2.45, 2.75) is 6.54 Å². The number of benzene rings is 1. The van der Waals surface area contributed by atoms with Crippen LogP contribution < -0.4 is 15.4 Å². The van der Waals surface area contributed by atoms with Crippen molar-refractivity contribution >= 4 is 40.0 Å². The third kappa shape index (κ3) is 3.58. The second-order valence-electron chi connectivity index (χ2n) is 5.26. The summed E-state index contributed by atoms with van der Waals surface area (Å²) in [6.07, 6.45) is 2.96. The van der Waals surface area contributed by atoms with Gasteiger partial charge in [-0.1, -0.05) is 0 Å². The van der Waals surface area contributed by atoms with Gasteiger partial charge in [-0.05, 0) is 40.8 Å². The Hall–Kier alpha value is -2.62. The zero-order valence-electron chi connectivity index (χ0n) is 13.2. The minimum atomic E-state index is -0.461. The van der Waals surface area contributed by atoms with E-state index in [1.165, 1.54) is 19.4 Å². The minimum absolute atomic E-state index is 0.0112. The number of ether oxygens (including phenoxy) is 1. The maximum atomic E-state index is 12.1. The maximum Gasteiger partial charge on any atom is 0.260 e. The Kier molecular flexibility index (Phi) is 4.88. The van der Waals surface area contributed by atoms with Crippen molar-refractivity contribution in [3.05, 3.63) is 57.1 Å². The van der Waals surface area contributed by atoms with Gasteiger partial charge in [-0.2, -0.15) is 0 Å². The van der Waals surface area contributed by atoms with E-state index in [1.54, 1.807) is 18.3 Å². The largest absolute Gasteiger partial charge is 0.504 e. The lowest BCUT2D eigenvalue weighted by molar-refractivity contribution is -0.114. The molecule has 1 aliphatic heterocycles. The zero-order chi connectivity index (χ0) is 18.0. The number of imide groups is 1. The standard InChI is InChI=1S/C17H14IN3O4/c1-25-15-8-20-10(5-14(15)22)6-19-7-13-12-4-9(18)2-3-11(12)16(23)21-17(13)24/h2-5,7-8,19H,6H2,1H3,(H,20,22)(H,21,23,24)/b13-7-. The molecule has 128 valence electrons. The molecule has 0 saturated carbocycles. The van der Waals surface area contributed by atoms with E-state index in [0.29, 0.717) is 28.9 Å². The number of hydrogen-bond acceptors (Lipinski definition) is 6. The number of halogens is 1. The summed E-state index contributed by atoms with van der Waals surface area (Å²) in [5, 5.41) is 15.1. The van der Waals surface area contributed by atoms with E-state index in [-0.39, 0.29) is 11.5 Å². The summed E-state index contributed by atoms with van der Waals surface area (Å²) in [6, 6.07) is 6.77. The fourth-order valence-corrected chi connectivity index (χ4v) is 2.92. The van der Waals surface area contributed by atoms with E-state index in [4.69, 9.17) is 4.74 Å². The Morgan fingerprint density at radius 1 is 1.28 bits per heavy atom. The van der Waals surface area contributed by atoms with E-state index < -0.39 is 11.8 Å². The predicted molar refractivity (Wildman–Crippen MR) is 98.9 cm³/mol. The molecule has 2 amide bonds. The highest BCUT2D eigenvalue weighted by atomic mass is 127. The number of methoxy groups -OCH3 is 1. The van der Waals surface area contributed by atoms with E-state index in [9.17, 15) is 14.7 Å². The molecule has 2 heterocycles. The highest BCUT2D eigenvalue weighted by molar-refractivity contribution is 14.1. The van der Waals surface area contributed by atoms with Crippen molar-refractivity contribution in [2.24, 2.45) is 0 Å². The number of hydrogen-bond donors (Lipinski definition) is 3. The smallest absolute Gasteiger partial charge is 0.260 e. The van der Waals surface area contributed by atoms with E-state index in [1.807, 2.05) is 6.07 Å². The molecule has 8 heteroatoms. The summed E-state index contributed by atoms with van der Waals surface area (Å²) < 4.78 is 5.87. The lowest BCUT2D eigenvalue weighted by atomic mass is 9.96. The second kappa shape index (κ2) is 7.09. The molecule has 3 rings (SSSR count). The summed E-state index contributed by atoms with van der Waals surface area (Å²) in [5.74, 6) is -0.591. The fraction of sp³-hybridized carbons (Fsp3) is 0.118. The van der Waals surface area contributed by atoms with Crippen molar-refractivity contribution in [3.63, 3.8) is 0 Å².